The molecule has 3 saturated carbocycles. The Morgan fingerprint density at radius 2 is 1.33 bits per heavy atom. The van der Waals surface area contributed by atoms with Crippen LogP contribution in [0.1, 0.15) is 38.5 Å². The van der Waals surface area contributed by atoms with E-state index < -0.39 is 0 Å². The lowest BCUT2D eigenvalue weighted by Gasteiger charge is -2.30. The molecule has 0 amide bonds. The standard InChI is InChI=1S/C11H16O/c12-10-5-8-3-1-7-2-4-9(6-10)11(7)8/h7-9,11H,1-6H2. The minimum absolute atomic E-state index is 0.559. The molecular formula is C11H16O. The van der Waals surface area contributed by atoms with Gasteiger partial charge in [0, 0.05) is 12.8 Å². The highest BCUT2D eigenvalue weighted by molar-refractivity contribution is 5.80. The summed E-state index contributed by atoms with van der Waals surface area (Å²) in [4.78, 5) is 11.4. The first-order chi connectivity index (χ1) is 5.84. The van der Waals surface area contributed by atoms with Crippen LogP contribution in [0.3, 0.4) is 0 Å². The van der Waals surface area contributed by atoms with Crippen molar-refractivity contribution < 1.29 is 4.79 Å². The molecule has 66 valence electrons. The molecule has 0 aliphatic heterocycles. The average molecular weight is 164 g/mol. The third-order valence-corrected chi connectivity index (χ3v) is 4.43. The lowest BCUT2D eigenvalue weighted by Crippen LogP contribution is -2.28. The molecule has 3 rings (SSSR count). The van der Waals surface area contributed by atoms with Crippen LogP contribution in [-0.4, -0.2) is 5.78 Å². The largest absolute Gasteiger partial charge is 0.300 e. The van der Waals surface area contributed by atoms with Gasteiger partial charge in [-0.15, -0.1) is 0 Å². The highest BCUT2D eigenvalue weighted by Gasteiger charge is 2.48. The van der Waals surface area contributed by atoms with Gasteiger partial charge in [-0.1, -0.05) is 0 Å². The second kappa shape index (κ2) is 2.34. The lowest BCUT2D eigenvalue weighted by molar-refractivity contribution is -0.124. The van der Waals surface area contributed by atoms with Crippen LogP contribution in [0.2, 0.25) is 0 Å². The minimum Gasteiger partial charge on any atom is -0.300 e. The Balaban J connectivity index is 1.90. The van der Waals surface area contributed by atoms with Gasteiger partial charge in [-0.05, 0) is 49.4 Å². The quantitative estimate of drug-likeness (QED) is 0.537. The van der Waals surface area contributed by atoms with Crippen molar-refractivity contribution in [1.29, 1.82) is 0 Å². The first kappa shape index (κ1) is 7.11. The summed E-state index contributed by atoms with van der Waals surface area (Å²) in [5.41, 5.74) is 0. The predicted molar refractivity (Wildman–Crippen MR) is 46.7 cm³/mol. The zero-order valence-electron chi connectivity index (χ0n) is 7.46. The van der Waals surface area contributed by atoms with E-state index in [-0.39, 0.29) is 0 Å². The fraction of sp³-hybridized carbons (Fsp3) is 0.909. The van der Waals surface area contributed by atoms with E-state index in [9.17, 15) is 4.79 Å². The van der Waals surface area contributed by atoms with E-state index in [0.717, 1.165) is 36.5 Å². The molecule has 3 aliphatic rings. The lowest BCUT2D eigenvalue weighted by atomic mass is 9.74. The summed E-state index contributed by atoms with van der Waals surface area (Å²) in [6.45, 7) is 0. The van der Waals surface area contributed by atoms with Crippen molar-refractivity contribution in [3.05, 3.63) is 0 Å². The van der Waals surface area contributed by atoms with E-state index in [0.29, 0.717) is 5.78 Å². The van der Waals surface area contributed by atoms with Gasteiger partial charge in [0.1, 0.15) is 5.78 Å². The monoisotopic (exact) mass is 164 g/mol. The molecule has 0 N–H and O–H groups in total. The van der Waals surface area contributed by atoms with Gasteiger partial charge < -0.3 is 0 Å². The highest BCUT2D eigenvalue weighted by atomic mass is 16.1. The number of ketones is 1. The van der Waals surface area contributed by atoms with Crippen LogP contribution in [0.5, 0.6) is 0 Å². The topological polar surface area (TPSA) is 17.1 Å². The van der Waals surface area contributed by atoms with Gasteiger partial charge in [0.05, 0.1) is 0 Å². The van der Waals surface area contributed by atoms with Gasteiger partial charge in [0.15, 0.2) is 0 Å². The second-order valence-corrected chi connectivity index (χ2v) is 4.96. The van der Waals surface area contributed by atoms with Gasteiger partial charge in [-0.2, -0.15) is 0 Å². The zero-order valence-corrected chi connectivity index (χ0v) is 7.46. The normalized spacial score (nSPS) is 51.2. The van der Waals surface area contributed by atoms with Crippen LogP contribution in [-0.2, 0) is 4.79 Å². The molecular weight excluding hydrogens is 148 g/mol. The number of rotatable bonds is 0. The summed E-state index contributed by atoms with van der Waals surface area (Å²) in [7, 11) is 0. The summed E-state index contributed by atoms with van der Waals surface area (Å²) in [6, 6.07) is 0. The van der Waals surface area contributed by atoms with Crippen molar-refractivity contribution in [2.45, 2.75) is 38.5 Å². The predicted octanol–water partition coefficient (Wildman–Crippen LogP) is 2.40. The number of Topliss-reactive ketones (excluding diaryl/α,β-unsaturated/α-hetero) is 1. The molecule has 2 atom stereocenters. The van der Waals surface area contributed by atoms with Crippen molar-refractivity contribution in [3.8, 4) is 0 Å². The minimum atomic E-state index is 0.559. The van der Waals surface area contributed by atoms with E-state index in [1.807, 2.05) is 0 Å². The third-order valence-electron chi connectivity index (χ3n) is 4.43. The Morgan fingerprint density at radius 3 is 1.92 bits per heavy atom. The van der Waals surface area contributed by atoms with Crippen molar-refractivity contribution >= 4 is 5.78 Å². The van der Waals surface area contributed by atoms with Gasteiger partial charge in [-0.25, -0.2) is 0 Å². The molecule has 0 aromatic heterocycles. The fourth-order valence-electron chi connectivity index (χ4n) is 4.07. The molecule has 2 unspecified atom stereocenters. The molecule has 0 radical (unpaired) electrons. The number of carbonyl (C=O) groups is 1. The fourth-order valence-corrected chi connectivity index (χ4v) is 4.07. The molecule has 0 bridgehead atoms. The van der Waals surface area contributed by atoms with Gasteiger partial charge >= 0.3 is 0 Å². The first-order valence-electron chi connectivity index (χ1n) is 5.36. The molecule has 0 aromatic rings. The second-order valence-electron chi connectivity index (χ2n) is 4.96. The van der Waals surface area contributed by atoms with Crippen molar-refractivity contribution in [2.75, 3.05) is 0 Å². The van der Waals surface area contributed by atoms with Crippen LogP contribution < -0.4 is 0 Å². The van der Waals surface area contributed by atoms with Gasteiger partial charge in [0.2, 0.25) is 0 Å². The summed E-state index contributed by atoms with van der Waals surface area (Å²) in [5, 5.41) is 0. The summed E-state index contributed by atoms with van der Waals surface area (Å²) in [5.74, 6) is 4.17. The number of carbonyl (C=O) groups excluding carboxylic acids is 1. The molecule has 3 aliphatic carbocycles. The van der Waals surface area contributed by atoms with Gasteiger partial charge in [-0.3, -0.25) is 4.79 Å². The molecule has 0 saturated heterocycles. The summed E-state index contributed by atoms with van der Waals surface area (Å²) < 4.78 is 0. The smallest absolute Gasteiger partial charge is 0.133 e. The van der Waals surface area contributed by atoms with Crippen LogP contribution in [0, 0.1) is 23.7 Å². The molecule has 0 aromatic carbocycles. The van der Waals surface area contributed by atoms with E-state index in [1.165, 1.54) is 25.7 Å². The van der Waals surface area contributed by atoms with Crippen molar-refractivity contribution in [2.24, 2.45) is 23.7 Å². The van der Waals surface area contributed by atoms with Crippen LogP contribution >= 0.6 is 0 Å². The summed E-state index contributed by atoms with van der Waals surface area (Å²) >= 11 is 0. The van der Waals surface area contributed by atoms with E-state index >= 15 is 0 Å². The highest BCUT2D eigenvalue weighted by Crippen LogP contribution is 2.55. The third kappa shape index (κ3) is 0.826. The number of hydrogen-bond donors (Lipinski definition) is 0. The average Bonchev–Trinajstić information content (AvgIpc) is 2.59. The Kier molecular flexibility index (Phi) is 1.38. The molecule has 3 fully saturated rings. The van der Waals surface area contributed by atoms with E-state index in [1.54, 1.807) is 0 Å². The maximum Gasteiger partial charge on any atom is 0.133 e. The first-order valence-corrected chi connectivity index (χ1v) is 5.36. The maximum absolute atomic E-state index is 11.4. The van der Waals surface area contributed by atoms with Crippen LogP contribution in [0.25, 0.3) is 0 Å². The molecule has 1 heteroatoms. The zero-order chi connectivity index (χ0) is 8.13. The maximum atomic E-state index is 11.4. The molecule has 12 heavy (non-hydrogen) atoms. The Bertz CT molecular complexity index is 201. The SMILES string of the molecule is O=C1CC2CCC3CCC(C1)C32. The molecule has 0 spiro atoms. The van der Waals surface area contributed by atoms with E-state index in [2.05, 4.69) is 0 Å². The van der Waals surface area contributed by atoms with E-state index in [4.69, 9.17) is 0 Å². The van der Waals surface area contributed by atoms with Crippen molar-refractivity contribution in [1.82, 2.24) is 0 Å². The van der Waals surface area contributed by atoms with Gasteiger partial charge in [0.25, 0.3) is 0 Å². The Morgan fingerprint density at radius 1 is 0.833 bits per heavy atom. The molecule has 0 heterocycles. The van der Waals surface area contributed by atoms with Crippen LogP contribution in [0.15, 0.2) is 0 Å². The number of hydrogen-bond acceptors (Lipinski definition) is 1. The van der Waals surface area contributed by atoms with Crippen molar-refractivity contribution in [3.63, 3.8) is 0 Å². The Labute approximate surface area is 73.5 Å². The summed E-state index contributed by atoms with van der Waals surface area (Å²) in [6.07, 6.45) is 7.43. The Hall–Kier alpha value is -0.330. The van der Waals surface area contributed by atoms with Crippen LogP contribution in [0.4, 0.5) is 0 Å². The molecule has 1 nitrogen and oxygen atoms in total.